The van der Waals surface area contributed by atoms with Crippen molar-refractivity contribution < 1.29 is 23.8 Å². The molecule has 2 aromatic heterocycles. The van der Waals surface area contributed by atoms with Crippen molar-refractivity contribution in [3.05, 3.63) is 47.7 Å². The molecule has 1 saturated heterocycles. The van der Waals surface area contributed by atoms with Crippen molar-refractivity contribution in [2.75, 3.05) is 36.5 Å². The zero-order chi connectivity index (χ0) is 31.5. The van der Waals surface area contributed by atoms with E-state index in [4.69, 9.17) is 14.2 Å². The van der Waals surface area contributed by atoms with Gasteiger partial charge in [0.05, 0.1) is 29.7 Å². The highest BCUT2D eigenvalue weighted by molar-refractivity contribution is 5.98. The Morgan fingerprint density at radius 3 is 2.37 bits per heavy atom. The monoisotopic (exact) mass is 590 g/mol. The predicted octanol–water partition coefficient (Wildman–Crippen LogP) is 6.66. The first-order chi connectivity index (χ1) is 20.2. The lowest BCUT2D eigenvalue weighted by molar-refractivity contribution is 0.0288. The van der Waals surface area contributed by atoms with Crippen LogP contribution in [0.2, 0.25) is 0 Å². The maximum absolute atomic E-state index is 13.8. The molecular formula is C32H42N6O5. The number of rotatable bonds is 7. The molecule has 2 amide bonds. The molecule has 4 rings (SSSR count). The van der Waals surface area contributed by atoms with Gasteiger partial charge in [0.2, 0.25) is 0 Å². The number of hydrogen-bond donors (Lipinski definition) is 1. The minimum Gasteiger partial charge on any atom is -0.494 e. The van der Waals surface area contributed by atoms with Gasteiger partial charge in [0, 0.05) is 25.2 Å². The molecule has 1 fully saturated rings. The van der Waals surface area contributed by atoms with Gasteiger partial charge < -0.3 is 24.4 Å². The van der Waals surface area contributed by atoms with Crippen molar-refractivity contribution in [3.8, 4) is 11.8 Å². The molecule has 11 nitrogen and oxygen atoms in total. The number of nitrogens with one attached hydrogen (secondary N) is 1. The fourth-order valence-corrected chi connectivity index (χ4v) is 5.06. The third-order valence-electron chi connectivity index (χ3n) is 6.87. The van der Waals surface area contributed by atoms with Crippen molar-refractivity contribution in [3.63, 3.8) is 0 Å². The van der Waals surface area contributed by atoms with Gasteiger partial charge in [-0.2, -0.15) is 10.4 Å². The minimum absolute atomic E-state index is 0.149. The second kappa shape index (κ2) is 12.4. The van der Waals surface area contributed by atoms with Gasteiger partial charge in [-0.15, -0.1) is 0 Å². The SMILES string of the molecule is CCOc1ccc(N(C(=O)OC(C)(C)C)c2c(C)c(NCC3CCN(C(=O)OC(C)(C)C)C3)c(C#N)c3ccnn23)cc1. The fourth-order valence-electron chi connectivity index (χ4n) is 5.06. The Kier molecular flexibility index (Phi) is 9.09. The van der Waals surface area contributed by atoms with E-state index >= 15 is 0 Å². The van der Waals surface area contributed by atoms with Crippen LogP contribution in [0.4, 0.5) is 26.8 Å². The molecule has 3 aromatic rings. The van der Waals surface area contributed by atoms with Crippen LogP contribution in [0.3, 0.4) is 0 Å². The highest BCUT2D eigenvalue weighted by Gasteiger charge is 2.33. The van der Waals surface area contributed by atoms with Crippen LogP contribution in [-0.2, 0) is 9.47 Å². The van der Waals surface area contributed by atoms with E-state index in [0.29, 0.717) is 65.8 Å². The zero-order valence-electron chi connectivity index (χ0n) is 26.4. The van der Waals surface area contributed by atoms with E-state index in [1.165, 1.54) is 4.90 Å². The van der Waals surface area contributed by atoms with Gasteiger partial charge in [-0.05, 0) is 98.1 Å². The minimum atomic E-state index is -0.756. The average molecular weight is 591 g/mol. The van der Waals surface area contributed by atoms with E-state index in [1.807, 2.05) is 55.4 Å². The lowest BCUT2D eigenvalue weighted by Gasteiger charge is -2.30. The van der Waals surface area contributed by atoms with Crippen molar-refractivity contribution in [2.24, 2.45) is 5.92 Å². The van der Waals surface area contributed by atoms with Crippen LogP contribution in [0.15, 0.2) is 36.5 Å². The molecule has 0 spiro atoms. The maximum atomic E-state index is 13.8. The summed E-state index contributed by atoms with van der Waals surface area (Å²) in [5.74, 6) is 1.27. The fraction of sp³-hybridized carbons (Fsp3) is 0.500. The third-order valence-corrected chi connectivity index (χ3v) is 6.87. The van der Waals surface area contributed by atoms with Crippen molar-refractivity contribution >= 4 is 34.9 Å². The van der Waals surface area contributed by atoms with Gasteiger partial charge in [-0.25, -0.2) is 19.0 Å². The van der Waals surface area contributed by atoms with Gasteiger partial charge in [-0.1, -0.05) is 0 Å². The van der Waals surface area contributed by atoms with E-state index in [-0.39, 0.29) is 12.0 Å². The normalized spacial score (nSPS) is 15.2. The standard InChI is InChI=1S/C32H42N6O5/c1-9-41-24-12-10-23(11-13-24)37(30(40)43-32(6,7)8)28-21(2)27(25(18-33)26-14-16-35-38(26)28)34-19-22-15-17-36(20-22)29(39)42-31(3,4)5/h10-14,16,22,34H,9,15,17,19-20H2,1-8H3. The highest BCUT2D eigenvalue weighted by Crippen LogP contribution is 2.38. The first kappa shape index (κ1) is 31.5. The van der Waals surface area contributed by atoms with Gasteiger partial charge in [-0.3, -0.25) is 0 Å². The first-order valence-corrected chi connectivity index (χ1v) is 14.6. The number of nitriles is 1. The summed E-state index contributed by atoms with van der Waals surface area (Å²) in [5.41, 5.74) is 1.44. The van der Waals surface area contributed by atoms with Crippen LogP contribution >= 0.6 is 0 Å². The molecule has 1 N–H and O–H groups in total. The van der Waals surface area contributed by atoms with E-state index < -0.39 is 17.3 Å². The summed E-state index contributed by atoms with van der Waals surface area (Å²) in [4.78, 5) is 29.6. The van der Waals surface area contributed by atoms with E-state index in [9.17, 15) is 14.9 Å². The summed E-state index contributed by atoms with van der Waals surface area (Å²) in [6, 6.07) is 11.3. The first-order valence-electron chi connectivity index (χ1n) is 14.6. The van der Waals surface area contributed by atoms with Gasteiger partial charge >= 0.3 is 12.2 Å². The molecule has 1 aliphatic heterocycles. The molecule has 1 atom stereocenters. The summed E-state index contributed by atoms with van der Waals surface area (Å²) in [6.07, 6.45) is 1.49. The number of likely N-dealkylation sites (tertiary alicyclic amines) is 1. The Morgan fingerprint density at radius 2 is 1.77 bits per heavy atom. The van der Waals surface area contributed by atoms with E-state index in [0.717, 1.165) is 6.42 Å². The van der Waals surface area contributed by atoms with Crippen LogP contribution in [0.5, 0.6) is 5.75 Å². The summed E-state index contributed by atoms with van der Waals surface area (Å²) < 4.78 is 18.6. The summed E-state index contributed by atoms with van der Waals surface area (Å²) in [5, 5.41) is 18.2. The second-order valence-electron chi connectivity index (χ2n) is 12.6. The van der Waals surface area contributed by atoms with E-state index in [2.05, 4.69) is 16.5 Å². The van der Waals surface area contributed by atoms with Crippen LogP contribution in [0.25, 0.3) is 5.52 Å². The summed E-state index contributed by atoms with van der Waals surface area (Å²) in [7, 11) is 0. The molecule has 0 radical (unpaired) electrons. The number of amides is 2. The van der Waals surface area contributed by atoms with Gasteiger partial charge in [0.15, 0.2) is 0 Å². The topological polar surface area (TPSA) is 121 Å². The third kappa shape index (κ3) is 7.31. The lowest BCUT2D eigenvalue weighted by Crippen LogP contribution is -2.36. The van der Waals surface area contributed by atoms with Crippen LogP contribution in [0, 0.1) is 24.2 Å². The molecule has 43 heavy (non-hydrogen) atoms. The number of pyridine rings is 1. The van der Waals surface area contributed by atoms with Crippen LogP contribution in [0.1, 0.15) is 66.0 Å². The molecule has 0 saturated carbocycles. The number of fused-ring (bicyclic) bond motifs is 1. The summed E-state index contributed by atoms with van der Waals surface area (Å²) >= 11 is 0. The molecule has 11 heteroatoms. The Hall–Kier alpha value is -4.46. The largest absolute Gasteiger partial charge is 0.494 e. The molecule has 0 bridgehead atoms. The lowest BCUT2D eigenvalue weighted by atomic mass is 10.1. The second-order valence-corrected chi connectivity index (χ2v) is 12.6. The smallest absolute Gasteiger partial charge is 0.420 e. The van der Waals surface area contributed by atoms with Crippen LogP contribution in [-0.4, -0.2) is 64.1 Å². The number of ether oxygens (including phenoxy) is 3. The average Bonchev–Trinajstić information content (AvgIpc) is 3.58. The molecule has 1 unspecified atom stereocenters. The molecule has 1 aromatic carbocycles. The molecular weight excluding hydrogens is 548 g/mol. The molecule has 230 valence electrons. The number of carbonyl (C=O) groups is 2. The zero-order valence-corrected chi connectivity index (χ0v) is 26.4. The molecule has 3 heterocycles. The van der Waals surface area contributed by atoms with Gasteiger partial charge in [0.25, 0.3) is 0 Å². The van der Waals surface area contributed by atoms with Crippen molar-refractivity contribution in [1.82, 2.24) is 14.5 Å². The Morgan fingerprint density at radius 1 is 1.09 bits per heavy atom. The van der Waals surface area contributed by atoms with Gasteiger partial charge in [0.1, 0.15) is 34.4 Å². The predicted molar refractivity (Wildman–Crippen MR) is 165 cm³/mol. The molecule has 0 aliphatic carbocycles. The van der Waals surface area contributed by atoms with Crippen molar-refractivity contribution in [1.29, 1.82) is 5.26 Å². The summed E-state index contributed by atoms with van der Waals surface area (Å²) in [6.45, 7) is 16.9. The van der Waals surface area contributed by atoms with E-state index in [1.54, 1.807) is 45.9 Å². The number of carbonyl (C=O) groups excluding carboxylic acids is 2. The van der Waals surface area contributed by atoms with Crippen molar-refractivity contribution in [2.45, 2.75) is 73.0 Å². The number of benzene rings is 1. The van der Waals surface area contributed by atoms with Crippen LogP contribution < -0.4 is 15.0 Å². The Bertz CT molecular complexity index is 1510. The molecule has 1 aliphatic rings. The number of anilines is 3. The Labute approximate surface area is 253 Å². The number of nitrogens with zero attached hydrogens (tertiary/aromatic N) is 5. The Balaban J connectivity index is 1.73. The maximum Gasteiger partial charge on any atom is 0.420 e. The quantitative estimate of drug-likeness (QED) is 0.324. The number of hydrogen-bond acceptors (Lipinski definition) is 8. The highest BCUT2D eigenvalue weighted by atomic mass is 16.6. The number of aromatic nitrogens is 2.